The SMILES string of the molecule is CCNC(=NCc1cccc(N(C)C)n1)NCCN(C(C)C)C(C)C.I. The lowest BCUT2D eigenvalue weighted by atomic mass is 10.2. The minimum atomic E-state index is 0. The van der Waals surface area contributed by atoms with E-state index in [-0.39, 0.29) is 24.0 Å². The van der Waals surface area contributed by atoms with Gasteiger partial charge in [-0.05, 0) is 46.8 Å². The van der Waals surface area contributed by atoms with E-state index in [1.54, 1.807) is 0 Å². The van der Waals surface area contributed by atoms with E-state index in [9.17, 15) is 0 Å². The number of aliphatic imine (C=N–C) groups is 1. The first-order valence-electron chi connectivity index (χ1n) is 9.26. The number of anilines is 1. The van der Waals surface area contributed by atoms with Gasteiger partial charge in [-0.3, -0.25) is 4.90 Å². The van der Waals surface area contributed by atoms with Crippen LogP contribution >= 0.6 is 24.0 Å². The second-order valence-electron chi connectivity index (χ2n) is 6.93. The van der Waals surface area contributed by atoms with E-state index in [2.05, 4.69) is 60.1 Å². The molecule has 0 fully saturated rings. The van der Waals surface area contributed by atoms with E-state index in [1.807, 2.05) is 37.2 Å². The third kappa shape index (κ3) is 9.02. The first kappa shape index (κ1) is 24.9. The molecular formula is C19H37IN6. The Labute approximate surface area is 176 Å². The van der Waals surface area contributed by atoms with Crippen LogP contribution < -0.4 is 15.5 Å². The Morgan fingerprint density at radius 1 is 1.12 bits per heavy atom. The minimum Gasteiger partial charge on any atom is -0.363 e. The van der Waals surface area contributed by atoms with Crippen molar-refractivity contribution in [3.05, 3.63) is 23.9 Å². The van der Waals surface area contributed by atoms with Gasteiger partial charge in [-0.15, -0.1) is 24.0 Å². The number of guanidine groups is 1. The molecule has 2 N–H and O–H groups in total. The summed E-state index contributed by atoms with van der Waals surface area (Å²) in [6, 6.07) is 7.12. The summed E-state index contributed by atoms with van der Waals surface area (Å²) in [5.41, 5.74) is 0.967. The molecule has 0 aliphatic heterocycles. The minimum absolute atomic E-state index is 0. The Kier molecular flexibility index (Phi) is 12.6. The summed E-state index contributed by atoms with van der Waals surface area (Å²) in [4.78, 5) is 13.8. The molecule has 0 atom stereocenters. The molecule has 1 aromatic heterocycles. The highest BCUT2D eigenvalue weighted by molar-refractivity contribution is 14.0. The molecule has 0 spiro atoms. The molecule has 0 aromatic carbocycles. The van der Waals surface area contributed by atoms with Gasteiger partial charge in [0.1, 0.15) is 5.82 Å². The van der Waals surface area contributed by atoms with Crippen molar-refractivity contribution in [2.24, 2.45) is 4.99 Å². The van der Waals surface area contributed by atoms with E-state index < -0.39 is 0 Å². The van der Waals surface area contributed by atoms with E-state index in [4.69, 9.17) is 0 Å². The quantitative estimate of drug-likeness (QED) is 0.326. The summed E-state index contributed by atoms with van der Waals surface area (Å²) in [5, 5.41) is 6.73. The topological polar surface area (TPSA) is 55.8 Å². The van der Waals surface area contributed by atoms with Crippen LogP contribution in [-0.4, -0.2) is 61.7 Å². The highest BCUT2D eigenvalue weighted by atomic mass is 127. The van der Waals surface area contributed by atoms with Gasteiger partial charge in [-0.25, -0.2) is 9.98 Å². The maximum absolute atomic E-state index is 4.67. The van der Waals surface area contributed by atoms with Gasteiger partial charge in [0.05, 0.1) is 12.2 Å². The Balaban J connectivity index is 0.00000625. The number of rotatable bonds is 9. The van der Waals surface area contributed by atoms with Crippen LogP contribution in [0.5, 0.6) is 0 Å². The number of nitrogens with zero attached hydrogens (tertiary/aromatic N) is 4. The Morgan fingerprint density at radius 2 is 1.77 bits per heavy atom. The monoisotopic (exact) mass is 476 g/mol. The van der Waals surface area contributed by atoms with E-state index in [0.29, 0.717) is 18.6 Å². The van der Waals surface area contributed by atoms with Crippen LogP contribution in [0.25, 0.3) is 0 Å². The van der Waals surface area contributed by atoms with Gasteiger partial charge in [0.15, 0.2) is 5.96 Å². The lowest BCUT2D eigenvalue weighted by molar-refractivity contribution is 0.178. The Hall–Kier alpha value is -1.09. The average molecular weight is 476 g/mol. The number of nitrogens with one attached hydrogen (secondary N) is 2. The van der Waals surface area contributed by atoms with E-state index >= 15 is 0 Å². The van der Waals surface area contributed by atoms with E-state index in [0.717, 1.165) is 37.1 Å². The molecule has 1 heterocycles. The summed E-state index contributed by atoms with van der Waals surface area (Å²) in [7, 11) is 3.99. The smallest absolute Gasteiger partial charge is 0.191 e. The van der Waals surface area contributed by atoms with Gasteiger partial charge in [0, 0.05) is 45.8 Å². The van der Waals surface area contributed by atoms with Gasteiger partial charge in [-0.1, -0.05) is 6.07 Å². The van der Waals surface area contributed by atoms with Crippen LogP contribution in [0.2, 0.25) is 0 Å². The molecular weight excluding hydrogens is 439 g/mol. The first-order valence-corrected chi connectivity index (χ1v) is 9.26. The molecule has 0 aliphatic carbocycles. The van der Waals surface area contributed by atoms with Crippen LogP contribution in [0.1, 0.15) is 40.3 Å². The summed E-state index contributed by atoms with van der Waals surface area (Å²) in [5.74, 6) is 1.79. The predicted molar refractivity (Wildman–Crippen MR) is 124 cm³/mol. The zero-order valence-electron chi connectivity index (χ0n) is 17.4. The standard InChI is InChI=1S/C19H36N6.HI/c1-8-20-19(21-12-13-25(15(2)3)16(4)5)22-14-17-10-9-11-18(23-17)24(6)7;/h9-11,15-16H,8,12-14H2,1-7H3,(H2,20,21,22);1H. The lowest BCUT2D eigenvalue weighted by Gasteiger charge is -2.30. The third-order valence-corrected chi connectivity index (χ3v) is 3.98. The van der Waals surface area contributed by atoms with Crippen LogP contribution in [0.3, 0.4) is 0 Å². The van der Waals surface area contributed by atoms with Gasteiger partial charge in [-0.2, -0.15) is 0 Å². The maximum Gasteiger partial charge on any atom is 0.191 e. The fourth-order valence-corrected chi connectivity index (χ4v) is 2.72. The Morgan fingerprint density at radius 3 is 2.31 bits per heavy atom. The fourth-order valence-electron chi connectivity index (χ4n) is 2.72. The van der Waals surface area contributed by atoms with Crippen molar-refractivity contribution in [3.8, 4) is 0 Å². The van der Waals surface area contributed by atoms with Crippen LogP contribution in [0.4, 0.5) is 5.82 Å². The second-order valence-corrected chi connectivity index (χ2v) is 6.93. The number of hydrogen-bond acceptors (Lipinski definition) is 4. The first-order chi connectivity index (χ1) is 11.8. The van der Waals surface area contributed by atoms with Gasteiger partial charge in [0.2, 0.25) is 0 Å². The second kappa shape index (κ2) is 13.1. The lowest BCUT2D eigenvalue weighted by Crippen LogP contribution is -2.45. The molecule has 1 rings (SSSR count). The number of pyridine rings is 1. The fraction of sp³-hybridized carbons (Fsp3) is 0.684. The van der Waals surface area contributed by atoms with Gasteiger partial charge < -0.3 is 15.5 Å². The summed E-state index contributed by atoms with van der Waals surface area (Å²) >= 11 is 0. The summed E-state index contributed by atoms with van der Waals surface area (Å²) in [6.45, 7) is 14.3. The molecule has 150 valence electrons. The molecule has 0 radical (unpaired) electrons. The van der Waals surface area contributed by atoms with Crippen LogP contribution in [0, 0.1) is 0 Å². The van der Waals surface area contributed by atoms with E-state index in [1.165, 1.54) is 0 Å². The highest BCUT2D eigenvalue weighted by Crippen LogP contribution is 2.08. The van der Waals surface area contributed by atoms with Crippen molar-refractivity contribution in [3.63, 3.8) is 0 Å². The normalized spacial score (nSPS) is 11.7. The molecule has 0 saturated carbocycles. The van der Waals surface area contributed by atoms with Crippen LogP contribution in [0.15, 0.2) is 23.2 Å². The number of hydrogen-bond donors (Lipinski definition) is 2. The molecule has 0 unspecified atom stereocenters. The predicted octanol–water partition coefficient (Wildman–Crippen LogP) is 2.94. The zero-order chi connectivity index (χ0) is 18.8. The molecule has 0 amide bonds. The van der Waals surface area contributed by atoms with Gasteiger partial charge >= 0.3 is 0 Å². The van der Waals surface area contributed by atoms with Crippen molar-refractivity contribution in [1.29, 1.82) is 0 Å². The molecule has 0 aliphatic rings. The maximum atomic E-state index is 4.67. The molecule has 1 aromatic rings. The number of halogens is 1. The third-order valence-electron chi connectivity index (χ3n) is 3.98. The Bertz CT molecular complexity index is 523. The van der Waals surface area contributed by atoms with Crippen molar-refractivity contribution in [1.82, 2.24) is 20.5 Å². The average Bonchev–Trinajstić information content (AvgIpc) is 2.55. The van der Waals surface area contributed by atoms with Crippen molar-refractivity contribution >= 4 is 35.8 Å². The van der Waals surface area contributed by atoms with Crippen molar-refractivity contribution in [2.45, 2.75) is 53.2 Å². The summed E-state index contributed by atoms with van der Waals surface area (Å²) < 4.78 is 0. The summed E-state index contributed by atoms with van der Waals surface area (Å²) in [6.07, 6.45) is 0. The zero-order valence-corrected chi connectivity index (χ0v) is 19.7. The number of aromatic nitrogens is 1. The molecule has 7 heteroatoms. The molecule has 26 heavy (non-hydrogen) atoms. The molecule has 6 nitrogen and oxygen atoms in total. The largest absolute Gasteiger partial charge is 0.363 e. The van der Waals surface area contributed by atoms with Gasteiger partial charge in [0.25, 0.3) is 0 Å². The van der Waals surface area contributed by atoms with Crippen LogP contribution in [-0.2, 0) is 6.54 Å². The molecule has 0 saturated heterocycles. The van der Waals surface area contributed by atoms with Crippen molar-refractivity contribution < 1.29 is 0 Å². The highest BCUT2D eigenvalue weighted by Gasteiger charge is 2.12. The van der Waals surface area contributed by atoms with Crippen molar-refractivity contribution in [2.75, 3.05) is 38.6 Å². The molecule has 0 bridgehead atoms.